The van der Waals surface area contributed by atoms with E-state index in [9.17, 15) is 4.79 Å². The van der Waals surface area contributed by atoms with E-state index in [1.54, 1.807) is 22.9 Å². The van der Waals surface area contributed by atoms with Crippen LogP contribution < -0.4 is 4.74 Å². The SMILES string of the molecule is CCc1nn(CC)c(COc2ccccc2C(=O)O)c1Cl. The van der Waals surface area contributed by atoms with Gasteiger partial charge in [-0.25, -0.2) is 4.79 Å². The Balaban J connectivity index is 2.25. The van der Waals surface area contributed by atoms with E-state index in [0.717, 1.165) is 17.8 Å². The molecule has 0 aliphatic rings. The largest absolute Gasteiger partial charge is 0.486 e. The maximum absolute atomic E-state index is 11.1. The molecule has 0 atom stereocenters. The summed E-state index contributed by atoms with van der Waals surface area (Å²) in [5.74, 6) is -0.696. The van der Waals surface area contributed by atoms with Gasteiger partial charge in [-0.05, 0) is 25.5 Å². The molecule has 0 saturated heterocycles. The molecule has 1 aromatic carbocycles. The average molecular weight is 309 g/mol. The lowest BCUT2D eigenvalue weighted by Gasteiger charge is -2.10. The van der Waals surface area contributed by atoms with Crippen molar-refractivity contribution < 1.29 is 14.6 Å². The Morgan fingerprint density at radius 1 is 1.38 bits per heavy atom. The number of aryl methyl sites for hydroxylation is 2. The van der Waals surface area contributed by atoms with Crippen LogP contribution in [0.15, 0.2) is 24.3 Å². The molecule has 2 rings (SSSR count). The molecular weight excluding hydrogens is 292 g/mol. The highest BCUT2D eigenvalue weighted by atomic mass is 35.5. The second kappa shape index (κ2) is 6.63. The van der Waals surface area contributed by atoms with Gasteiger partial charge in [0.05, 0.1) is 16.4 Å². The van der Waals surface area contributed by atoms with E-state index >= 15 is 0 Å². The van der Waals surface area contributed by atoms with Gasteiger partial charge in [0, 0.05) is 6.54 Å². The number of para-hydroxylation sites is 1. The van der Waals surface area contributed by atoms with Crippen LogP contribution in [0.2, 0.25) is 5.02 Å². The molecule has 0 unspecified atom stereocenters. The highest BCUT2D eigenvalue weighted by Gasteiger charge is 2.16. The van der Waals surface area contributed by atoms with Crippen LogP contribution >= 0.6 is 11.6 Å². The molecule has 21 heavy (non-hydrogen) atoms. The summed E-state index contributed by atoms with van der Waals surface area (Å²) in [5, 5.41) is 14.1. The highest BCUT2D eigenvalue weighted by molar-refractivity contribution is 6.31. The van der Waals surface area contributed by atoms with Crippen molar-refractivity contribution in [3.63, 3.8) is 0 Å². The summed E-state index contributed by atoms with van der Waals surface area (Å²) in [6, 6.07) is 6.53. The Bertz CT molecular complexity index is 652. The van der Waals surface area contributed by atoms with Crippen molar-refractivity contribution in [2.45, 2.75) is 33.4 Å². The molecule has 1 heterocycles. The third kappa shape index (κ3) is 3.19. The number of rotatable bonds is 6. The monoisotopic (exact) mass is 308 g/mol. The number of aromatic nitrogens is 2. The molecule has 112 valence electrons. The summed E-state index contributed by atoms with van der Waals surface area (Å²) < 4.78 is 7.42. The van der Waals surface area contributed by atoms with Gasteiger partial charge >= 0.3 is 5.97 Å². The molecule has 0 fully saturated rings. The third-order valence-electron chi connectivity index (χ3n) is 3.18. The molecule has 0 aliphatic heterocycles. The van der Waals surface area contributed by atoms with Crippen LogP contribution in [-0.2, 0) is 19.6 Å². The van der Waals surface area contributed by atoms with Gasteiger partial charge in [-0.15, -0.1) is 0 Å². The van der Waals surface area contributed by atoms with E-state index < -0.39 is 5.97 Å². The van der Waals surface area contributed by atoms with Crippen LogP contribution in [-0.4, -0.2) is 20.9 Å². The molecule has 0 spiro atoms. The molecule has 0 radical (unpaired) electrons. The van der Waals surface area contributed by atoms with Crippen molar-refractivity contribution in [3.05, 3.63) is 46.2 Å². The molecule has 1 N–H and O–H groups in total. The topological polar surface area (TPSA) is 64.4 Å². The molecule has 1 aromatic heterocycles. The highest BCUT2D eigenvalue weighted by Crippen LogP contribution is 2.25. The van der Waals surface area contributed by atoms with E-state index in [1.807, 2.05) is 13.8 Å². The smallest absolute Gasteiger partial charge is 0.339 e. The van der Waals surface area contributed by atoms with E-state index in [-0.39, 0.29) is 12.2 Å². The molecule has 0 bridgehead atoms. The number of nitrogens with zero attached hydrogens (tertiary/aromatic N) is 2. The van der Waals surface area contributed by atoms with Gasteiger partial charge in [-0.3, -0.25) is 4.68 Å². The predicted octanol–water partition coefficient (Wildman–Crippen LogP) is 3.40. The fourth-order valence-corrected chi connectivity index (χ4v) is 2.39. The summed E-state index contributed by atoms with van der Waals surface area (Å²) in [5.41, 5.74) is 1.71. The maximum Gasteiger partial charge on any atom is 0.339 e. The Morgan fingerprint density at radius 2 is 2.10 bits per heavy atom. The van der Waals surface area contributed by atoms with Gasteiger partial charge in [-0.2, -0.15) is 5.10 Å². The second-order valence-corrected chi connectivity index (χ2v) is 4.84. The second-order valence-electron chi connectivity index (χ2n) is 4.47. The summed E-state index contributed by atoms with van der Waals surface area (Å²) in [6.45, 7) is 4.82. The van der Waals surface area contributed by atoms with Crippen LogP contribution in [0, 0.1) is 0 Å². The number of benzene rings is 1. The van der Waals surface area contributed by atoms with Crippen LogP contribution in [0.4, 0.5) is 0 Å². The van der Waals surface area contributed by atoms with E-state index in [4.69, 9.17) is 21.4 Å². The van der Waals surface area contributed by atoms with Gasteiger partial charge < -0.3 is 9.84 Å². The first-order valence-electron chi connectivity index (χ1n) is 6.77. The first-order chi connectivity index (χ1) is 10.1. The minimum absolute atomic E-state index is 0.131. The average Bonchev–Trinajstić information content (AvgIpc) is 2.80. The Morgan fingerprint density at radius 3 is 2.71 bits per heavy atom. The maximum atomic E-state index is 11.1. The van der Waals surface area contributed by atoms with Crippen molar-refractivity contribution in [3.8, 4) is 5.75 Å². The molecular formula is C15H17ClN2O3. The van der Waals surface area contributed by atoms with Gasteiger partial charge in [0.15, 0.2) is 0 Å². The number of carboxylic acid groups (broad SMARTS) is 1. The Labute approximate surface area is 128 Å². The zero-order valence-corrected chi connectivity index (χ0v) is 12.7. The summed E-state index contributed by atoms with van der Waals surface area (Å²) in [7, 11) is 0. The molecule has 0 amide bonds. The van der Waals surface area contributed by atoms with Crippen LogP contribution in [0.1, 0.15) is 35.6 Å². The molecule has 5 nitrogen and oxygen atoms in total. The van der Waals surface area contributed by atoms with E-state index in [2.05, 4.69) is 5.10 Å². The molecule has 2 aromatic rings. The lowest BCUT2D eigenvalue weighted by atomic mass is 10.2. The van der Waals surface area contributed by atoms with Crippen molar-refractivity contribution in [2.24, 2.45) is 0 Å². The number of aromatic carboxylic acids is 1. The minimum Gasteiger partial charge on any atom is -0.486 e. The number of halogens is 1. The first kappa shape index (κ1) is 15.4. The number of ether oxygens (including phenoxy) is 1. The van der Waals surface area contributed by atoms with Crippen LogP contribution in [0.5, 0.6) is 5.75 Å². The lowest BCUT2D eigenvalue weighted by molar-refractivity contribution is 0.0691. The summed E-state index contributed by atoms with van der Waals surface area (Å²) in [6.07, 6.45) is 0.741. The fraction of sp³-hybridized carbons (Fsp3) is 0.333. The first-order valence-corrected chi connectivity index (χ1v) is 7.15. The van der Waals surface area contributed by atoms with Crippen LogP contribution in [0.25, 0.3) is 0 Å². The quantitative estimate of drug-likeness (QED) is 0.888. The summed E-state index contributed by atoms with van der Waals surface area (Å²) >= 11 is 6.30. The number of hydrogen-bond donors (Lipinski definition) is 1. The van der Waals surface area contributed by atoms with Gasteiger partial charge in [0.25, 0.3) is 0 Å². The molecule has 6 heteroatoms. The van der Waals surface area contributed by atoms with Crippen molar-refractivity contribution in [2.75, 3.05) is 0 Å². The van der Waals surface area contributed by atoms with Crippen molar-refractivity contribution in [1.82, 2.24) is 9.78 Å². The number of carbonyl (C=O) groups is 1. The Hall–Kier alpha value is -2.01. The van der Waals surface area contributed by atoms with Gasteiger partial charge in [0.2, 0.25) is 0 Å². The predicted molar refractivity (Wildman–Crippen MR) is 80.0 cm³/mol. The van der Waals surface area contributed by atoms with Crippen molar-refractivity contribution >= 4 is 17.6 Å². The minimum atomic E-state index is -1.02. The van der Waals surface area contributed by atoms with E-state index in [1.165, 1.54) is 6.07 Å². The molecule has 0 aliphatic carbocycles. The normalized spacial score (nSPS) is 10.6. The number of hydrogen-bond acceptors (Lipinski definition) is 3. The number of carboxylic acids is 1. The zero-order chi connectivity index (χ0) is 15.4. The summed E-state index contributed by atoms with van der Waals surface area (Å²) in [4.78, 5) is 11.1. The molecule has 0 saturated carbocycles. The third-order valence-corrected chi connectivity index (χ3v) is 3.61. The lowest BCUT2D eigenvalue weighted by Crippen LogP contribution is -2.08. The fourth-order valence-electron chi connectivity index (χ4n) is 2.07. The zero-order valence-electron chi connectivity index (χ0n) is 12.0. The van der Waals surface area contributed by atoms with E-state index in [0.29, 0.717) is 17.3 Å². The van der Waals surface area contributed by atoms with Crippen molar-refractivity contribution in [1.29, 1.82) is 0 Å². The standard InChI is InChI=1S/C15H17ClN2O3/c1-3-11-14(16)12(18(4-2)17-11)9-21-13-8-6-5-7-10(13)15(19)20/h5-8H,3-4,9H2,1-2H3,(H,19,20). The Kier molecular flexibility index (Phi) is 4.85. The van der Waals surface area contributed by atoms with Crippen LogP contribution in [0.3, 0.4) is 0 Å². The van der Waals surface area contributed by atoms with Gasteiger partial charge in [0.1, 0.15) is 17.9 Å². The van der Waals surface area contributed by atoms with Gasteiger partial charge in [-0.1, -0.05) is 30.7 Å².